The van der Waals surface area contributed by atoms with Crippen LogP contribution in [0, 0.1) is 18.3 Å². The number of likely N-dealkylation sites (tertiary alicyclic amines) is 1. The van der Waals surface area contributed by atoms with Gasteiger partial charge in [0, 0.05) is 36.6 Å². The zero-order chi connectivity index (χ0) is 19.9. The van der Waals surface area contributed by atoms with Gasteiger partial charge in [-0.25, -0.2) is 9.78 Å². The normalized spacial score (nSPS) is 14.2. The van der Waals surface area contributed by atoms with Gasteiger partial charge in [0.2, 0.25) is 5.95 Å². The van der Waals surface area contributed by atoms with Gasteiger partial charge in [-0.2, -0.15) is 10.2 Å². The van der Waals surface area contributed by atoms with Crippen molar-refractivity contribution in [3.05, 3.63) is 41.6 Å². The molecular formula is C20H24N6O2. The van der Waals surface area contributed by atoms with Crippen LogP contribution in [0.5, 0.6) is 0 Å². The van der Waals surface area contributed by atoms with E-state index in [2.05, 4.69) is 26.7 Å². The molecule has 1 fully saturated rings. The SMILES string of the molecule is CCOC(=O)N1CCC(Nc2cc(C)nc(Nc3cccc(C#N)c3)n2)CC1. The van der Waals surface area contributed by atoms with Gasteiger partial charge in [-0.1, -0.05) is 6.07 Å². The van der Waals surface area contributed by atoms with Gasteiger partial charge >= 0.3 is 6.09 Å². The summed E-state index contributed by atoms with van der Waals surface area (Å²) in [7, 11) is 0. The number of hydrogen-bond acceptors (Lipinski definition) is 7. The average molecular weight is 380 g/mol. The van der Waals surface area contributed by atoms with Crippen LogP contribution >= 0.6 is 0 Å². The number of hydrogen-bond donors (Lipinski definition) is 2. The number of aryl methyl sites for hydroxylation is 1. The maximum Gasteiger partial charge on any atom is 0.409 e. The van der Waals surface area contributed by atoms with Crippen molar-refractivity contribution >= 4 is 23.5 Å². The molecule has 2 N–H and O–H groups in total. The van der Waals surface area contributed by atoms with E-state index in [1.165, 1.54) is 0 Å². The molecule has 0 spiro atoms. The number of ether oxygens (including phenoxy) is 1. The van der Waals surface area contributed by atoms with Crippen molar-refractivity contribution < 1.29 is 9.53 Å². The first kappa shape index (κ1) is 19.4. The number of nitrogens with zero attached hydrogens (tertiary/aromatic N) is 4. The van der Waals surface area contributed by atoms with Crippen molar-refractivity contribution in [3.63, 3.8) is 0 Å². The molecule has 1 aliphatic heterocycles. The molecule has 0 bridgehead atoms. The molecule has 8 heteroatoms. The quantitative estimate of drug-likeness (QED) is 0.819. The predicted molar refractivity (Wildman–Crippen MR) is 106 cm³/mol. The van der Waals surface area contributed by atoms with Crippen LogP contribution in [0.3, 0.4) is 0 Å². The van der Waals surface area contributed by atoms with Crippen molar-refractivity contribution in [2.75, 3.05) is 30.3 Å². The highest BCUT2D eigenvalue weighted by molar-refractivity contribution is 5.67. The van der Waals surface area contributed by atoms with Crippen molar-refractivity contribution in [2.24, 2.45) is 0 Å². The van der Waals surface area contributed by atoms with Gasteiger partial charge in [0.15, 0.2) is 0 Å². The highest BCUT2D eigenvalue weighted by Gasteiger charge is 2.23. The summed E-state index contributed by atoms with van der Waals surface area (Å²) in [5, 5.41) is 15.6. The maximum atomic E-state index is 11.8. The highest BCUT2D eigenvalue weighted by Crippen LogP contribution is 2.20. The summed E-state index contributed by atoms with van der Waals surface area (Å²) in [4.78, 5) is 22.5. The van der Waals surface area contributed by atoms with Crippen LogP contribution in [-0.4, -0.2) is 46.7 Å². The second-order valence-corrected chi connectivity index (χ2v) is 6.64. The lowest BCUT2D eigenvalue weighted by molar-refractivity contribution is 0.0983. The number of piperidine rings is 1. The van der Waals surface area contributed by atoms with E-state index in [0.717, 1.165) is 30.0 Å². The summed E-state index contributed by atoms with van der Waals surface area (Å²) in [6.07, 6.45) is 1.41. The van der Waals surface area contributed by atoms with Crippen molar-refractivity contribution in [3.8, 4) is 6.07 Å². The topological polar surface area (TPSA) is 103 Å². The molecule has 1 aliphatic rings. The molecule has 1 saturated heterocycles. The molecule has 0 unspecified atom stereocenters. The summed E-state index contributed by atoms with van der Waals surface area (Å²) in [5.41, 5.74) is 2.17. The number of amides is 1. The van der Waals surface area contributed by atoms with Gasteiger partial charge in [-0.3, -0.25) is 0 Å². The first-order valence-electron chi connectivity index (χ1n) is 9.38. The third-order valence-corrected chi connectivity index (χ3v) is 4.48. The monoisotopic (exact) mass is 380 g/mol. The molecule has 2 heterocycles. The van der Waals surface area contributed by atoms with Gasteiger partial charge in [0.05, 0.1) is 18.2 Å². The Balaban J connectivity index is 1.62. The first-order valence-corrected chi connectivity index (χ1v) is 9.38. The molecular weight excluding hydrogens is 356 g/mol. The first-order chi connectivity index (χ1) is 13.6. The van der Waals surface area contributed by atoms with Crippen LogP contribution in [0.2, 0.25) is 0 Å². The van der Waals surface area contributed by atoms with E-state index in [4.69, 9.17) is 10.00 Å². The smallest absolute Gasteiger partial charge is 0.409 e. The Kier molecular flexibility index (Phi) is 6.27. The van der Waals surface area contributed by atoms with Gasteiger partial charge in [-0.05, 0) is 44.9 Å². The van der Waals surface area contributed by atoms with Crippen LogP contribution in [0.25, 0.3) is 0 Å². The third kappa shape index (κ3) is 5.10. The summed E-state index contributed by atoms with van der Waals surface area (Å²) >= 11 is 0. The number of carbonyl (C=O) groups is 1. The Morgan fingerprint density at radius 2 is 2.11 bits per heavy atom. The minimum Gasteiger partial charge on any atom is -0.450 e. The second-order valence-electron chi connectivity index (χ2n) is 6.64. The number of anilines is 3. The van der Waals surface area contributed by atoms with Crippen molar-refractivity contribution in [2.45, 2.75) is 32.7 Å². The Morgan fingerprint density at radius 1 is 1.32 bits per heavy atom. The Morgan fingerprint density at radius 3 is 2.82 bits per heavy atom. The van der Waals surface area contributed by atoms with Crippen LogP contribution < -0.4 is 10.6 Å². The molecule has 1 aromatic heterocycles. The lowest BCUT2D eigenvalue weighted by atomic mass is 10.1. The molecule has 3 rings (SSSR count). The fraction of sp³-hybridized carbons (Fsp3) is 0.400. The molecule has 1 aromatic carbocycles. The van der Waals surface area contributed by atoms with Crippen LogP contribution in [-0.2, 0) is 4.74 Å². The van der Waals surface area contributed by atoms with E-state index < -0.39 is 0 Å². The standard InChI is InChI=1S/C20H24N6O2/c1-3-28-20(27)26-9-7-16(8-10-26)23-18-11-14(2)22-19(25-18)24-17-6-4-5-15(12-17)13-21/h4-6,11-12,16H,3,7-10H2,1-2H3,(H2,22,23,24,25). The molecule has 8 nitrogen and oxygen atoms in total. The van der Waals surface area contributed by atoms with E-state index in [1.807, 2.05) is 32.0 Å². The fourth-order valence-electron chi connectivity index (χ4n) is 3.12. The predicted octanol–water partition coefficient (Wildman–Crippen LogP) is 3.43. The summed E-state index contributed by atoms with van der Waals surface area (Å²) in [6, 6.07) is 11.4. The number of carbonyl (C=O) groups excluding carboxylic acids is 1. The molecule has 0 saturated carbocycles. The largest absolute Gasteiger partial charge is 0.450 e. The van der Waals surface area contributed by atoms with Crippen molar-refractivity contribution in [1.82, 2.24) is 14.9 Å². The minimum atomic E-state index is -0.245. The molecule has 146 valence electrons. The number of benzene rings is 1. The molecule has 28 heavy (non-hydrogen) atoms. The van der Waals surface area contributed by atoms with Gasteiger partial charge in [0.1, 0.15) is 5.82 Å². The zero-order valence-electron chi connectivity index (χ0n) is 16.1. The molecule has 2 aromatic rings. The van der Waals surface area contributed by atoms with E-state index in [9.17, 15) is 4.79 Å². The highest BCUT2D eigenvalue weighted by atomic mass is 16.6. The van der Waals surface area contributed by atoms with E-state index in [-0.39, 0.29) is 12.1 Å². The average Bonchev–Trinajstić information content (AvgIpc) is 2.68. The van der Waals surface area contributed by atoms with Gasteiger partial charge in [-0.15, -0.1) is 0 Å². The van der Waals surface area contributed by atoms with E-state index >= 15 is 0 Å². The molecule has 0 aliphatic carbocycles. The fourth-order valence-corrected chi connectivity index (χ4v) is 3.12. The molecule has 0 atom stereocenters. The summed E-state index contributed by atoms with van der Waals surface area (Å²) < 4.78 is 5.06. The Bertz CT molecular complexity index is 871. The van der Waals surface area contributed by atoms with Crippen LogP contribution in [0.1, 0.15) is 31.0 Å². The maximum absolute atomic E-state index is 11.8. The number of nitrogens with one attached hydrogen (secondary N) is 2. The minimum absolute atomic E-state index is 0.231. The lowest BCUT2D eigenvalue weighted by Gasteiger charge is -2.31. The zero-order valence-corrected chi connectivity index (χ0v) is 16.1. The lowest BCUT2D eigenvalue weighted by Crippen LogP contribution is -2.42. The van der Waals surface area contributed by atoms with E-state index in [0.29, 0.717) is 31.2 Å². The Hall–Kier alpha value is -3.34. The summed E-state index contributed by atoms with van der Waals surface area (Å²) in [5.74, 6) is 1.21. The van der Waals surface area contributed by atoms with Crippen molar-refractivity contribution in [1.29, 1.82) is 5.26 Å². The van der Waals surface area contributed by atoms with Crippen LogP contribution in [0.15, 0.2) is 30.3 Å². The number of aromatic nitrogens is 2. The van der Waals surface area contributed by atoms with E-state index in [1.54, 1.807) is 17.0 Å². The molecule has 1 amide bonds. The number of rotatable bonds is 5. The molecule has 0 radical (unpaired) electrons. The number of nitriles is 1. The van der Waals surface area contributed by atoms with Crippen LogP contribution in [0.4, 0.5) is 22.2 Å². The third-order valence-electron chi connectivity index (χ3n) is 4.48. The second kappa shape index (κ2) is 9.04. The summed E-state index contributed by atoms with van der Waals surface area (Å²) in [6.45, 7) is 5.43. The van der Waals surface area contributed by atoms with Gasteiger partial charge in [0.25, 0.3) is 0 Å². The Labute approximate surface area is 164 Å². The van der Waals surface area contributed by atoms with Gasteiger partial charge < -0.3 is 20.3 Å².